The Balaban J connectivity index is 1.29. The fourth-order valence-electron chi connectivity index (χ4n) is 4.10. The molecule has 1 fully saturated rings. The quantitative estimate of drug-likeness (QED) is 0.554. The second kappa shape index (κ2) is 8.33. The van der Waals surface area contributed by atoms with Crippen LogP contribution in [0.5, 0.6) is 5.75 Å². The van der Waals surface area contributed by atoms with E-state index in [1.807, 2.05) is 12.1 Å². The summed E-state index contributed by atoms with van der Waals surface area (Å²) in [4.78, 5) is 4.66. The normalized spacial score (nSPS) is 23.2. The van der Waals surface area contributed by atoms with Crippen molar-refractivity contribution in [3.05, 3.63) is 41.3 Å². The molecule has 0 amide bonds. The number of fused-ring (bicyclic) bond motifs is 1. The zero-order chi connectivity index (χ0) is 20.4. The third-order valence-electron chi connectivity index (χ3n) is 5.77. The lowest BCUT2D eigenvalue weighted by Crippen LogP contribution is -2.46. The van der Waals surface area contributed by atoms with Crippen LogP contribution in [0.25, 0.3) is 0 Å². The van der Waals surface area contributed by atoms with E-state index in [1.54, 1.807) is 23.6 Å². The van der Waals surface area contributed by atoms with Gasteiger partial charge in [-0.25, -0.2) is 8.42 Å². The van der Waals surface area contributed by atoms with E-state index in [-0.39, 0.29) is 12.2 Å². The Labute approximate surface area is 174 Å². The summed E-state index contributed by atoms with van der Waals surface area (Å²) in [5, 5.41) is 23.3. The van der Waals surface area contributed by atoms with E-state index in [2.05, 4.69) is 15.0 Å². The first-order valence-electron chi connectivity index (χ1n) is 9.78. The van der Waals surface area contributed by atoms with Gasteiger partial charge in [0.2, 0.25) is 0 Å². The Morgan fingerprint density at radius 2 is 1.83 bits per heavy atom. The number of hydrogen-bond donors (Lipinski definition) is 2. The zero-order valence-corrected chi connectivity index (χ0v) is 17.7. The van der Waals surface area contributed by atoms with Crippen molar-refractivity contribution in [3.8, 4) is 5.75 Å². The average Bonchev–Trinajstić information content (AvgIpc) is 3.22. The molecule has 0 aliphatic carbocycles. The minimum Gasteiger partial charge on any atom is -0.508 e. The Hall–Kier alpha value is -2.10. The SMILES string of the molecule is O=S1(=O)c2sccc2C(=NO)CC1CCCN1CCN(c2ccc(O)cc2)CC1. The van der Waals surface area contributed by atoms with Crippen molar-refractivity contribution < 1.29 is 18.7 Å². The highest BCUT2D eigenvalue weighted by molar-refractivity contribution is 7.94. The van der Waals surface area contributed by atoms with Crippen LogP contribution in [0.15, 0.2) is 45.1 Å². The smallest absolute Gasteiger partial charge is 0.191 e. The van der Waals surface area contributed by atoms with Crippen LogP contribution in [0, 0.1) is 0 Å². The molecule has 156 valence electrons. The predicted molar refractivity (Wildman–Crippen MR) is 114 cm³/mol. The molecular weight excluding hydrogens is 410 g/mol. The molecule has 0 bridgehead atoms. The molecule has 2 aliphatic rings. The first kappa shape index (κ1) is 20.2. The lowest BCUT2D eigenvalue weighted by molar-refractivity contribution is 0.252. The minimum absolute atomic E-state index is 0.272. The number of piperazine rings is 1. The van der Waals surface area contributed by atoms with Crippen LogP contribution in [0.2, 0.25) is 0 Å². The molecule has 2 aromatic rings. The molecule has 1 atom stereocenters. The molecule has 0 radical (unpaired) electrons. The highest BCUT2D eigenvalue weighted by Gasteiger charge is 2.38. The van der Waals surface area contributed by atoms with Crippen LogP contribution in [0.4, 0.5) is 5.69 Å². The number of aromatic hydroxyl groups is 1. The van der Waals surface area contributed by atoms with E-state index < -0.39 is 15.1 Å². The van der Waals surface area contributed by atoms with Crippen molar-refractivity contribution in [2.75, 3.05) is 37.6 Å². The highest BCUT2D eigenvalue weighted by Crippen LogP contribution is 2.36. The number of sulfone groups is 1. The maximum Gasteiger partial charge on any atom is 0.191 e. The molecule has 2 aliphatic heterocycles. The van der Waals surface area contributed by atoms with Gasteiger partial charge in [0.25, 0.3) is 0 Å². The van der Waals surface area contributed by atoms with E-state index in [1.165, 1.54) is 11.3 Å². The van der Waals surface area contributed by atoms with Gasteiger partial charge in [-0.2, -0.15) is 0 Å². The fraction of sp³-hybridized carbons (Fsp3) is 0.450. The number of nitrogens with zero attached hydrogens (tertiary/aromatic N) is 3. The van der Waals surface area contributed by atoms with Crippen LogP contribution in [-0.4, -0.2) is 67.3 Å². The maximum atomic E-state index is 12.9. The molecule has 1 aromatic carbocycles. The number of oxime groups is 1. The molecule has 29 heavy (non-hydrogen) atoms. The van der Waals surface area contributed by atoms with Gasteiger partial charge in [-0.1, -0.05) is 5.16 Å². The third-order valence-corrected chi connectivity index (χ3v) is 9.48. The Kier molecular flexibility index (Phi) is 5.80. The standard InChI is InChI=1S/C20H25N3O4S2/c24-16-5-3-15(4-6-16)23-11-9-22(10-12-23)8-1-2-17-14-19(21-25)18-7-13-28-20(18)29(17,26)27/h3-7,13,17,24-25H,1-2,8-12,14H2. The first-order valence-corrected chi connectivity index (χ1v) is 12.2. The molecule has 1 saturated heterocycles. The molecule has 3 heterocycles. The van der Waals surface area contributed by atoms with Crippen LogP contribution >= 0.6 is 11.3 Å². The molecule has 0 saturated carbocycles. The summed E-state index contributed by atoms with van der Waals surface area (Å²) in [6.07, 6.45) is 1.64. The summed E-state index contributed by atoms with van der Waals surface area (Å²) >= 11 is 1.20. The van der Waals surface area contributed by atoms with E-state index in [0.29, 0.717) is 21.9 Å². The first-order chi connectivity index (χ1) is 14.0. The van der Waals surface area contributed by atoms with Crippen molar-refractivity contribution in [1.29, 1.82) is 0 Å². The topological polar surface area (TPSA) is 93.4 Å². The summed E-state index contributed by atoms with van der Waals surface area (Å²) in [7, 11) is -3.35. The largest absolute Gasteiger partial charge is 0.508 e. The van der Waals surface area contributed by atoms with Crippen LogP contribution in [0.3, 0.4) is 0 Å². The molecule has 0 spiro atoms. The predicted octanol–water partition coefficient (Wildman–Crippen LogP) is 2.78. The Morgan fingerprint density at radius 1 is 1.10 bits per heavy atom. The maximum absolute atomic E-state index is 12.9. The van der Waals surface area contributed by atoms with Gasteiger partial charge in [-0.05, 0) is 55.1 Å². The monoisotopic (exact) mass is 435 g/mol. The lowest BCUT2D eigenvalue weighted by atomic mass is 10.1. The number of hydrogen-bond acceptors (Lipinski definition) is 8. The van der Waals surface area contributed by atoms with Gasteiger partial charge in [-0.3, -0.25) is 4.90 Å². The second-order valence-corrected chi connectivity index (χ2v) is 10.9. The summed E-state index contributed by atoms with van der Waals surface area (Å²) in [5.74, 6) is 0.272. The number of thiophene rings is 1. The van der Waals surface area contributed by atoms with Crippen molar-refractivity contribution in [2.45, 2.75) is 28.7 Å². The van der Waals surface area contributed by atoms with Gasteiger partial charge < -0.3 is 15.2 Å². The number of benzene rings is 1. The van der Waals surface area contributed by atoms with Gasteiger partial charge in [0, 0.05) is 43.9 Å². The summed E-state index contributed by atoms with van der Waals surface area (Å²) in [6.45, 7) is 4.53. The molecular formula is C20H25N3O4S2. The van der Waals surface area contributed by atoms with Crippen LogP contribution in [0.1, 0.15) is 24.8 Å². The highest BCUT2D eigenvalue weighted by atomic mass is 32.2. The lowest BCUT2D eigenvalue weighted by Gasteiger charge is -2.36. The third kappa shape index (κ3) is 4.12. The number of phenols is 1. The Bertz CT molecular complexity index is 977. The van der Waals surface area contributed by atoms with Gasteiger partial charge in [0.05, 0.1) is 11.0 Å². The Morgan fingerprint density at radius 3 is 2.52 bits per heavy atom. The second-order valence-electron chi connectivity index (χ2n) is 7.53. The van der Waals surface area contributed by atoms with Crippen molar-refractivity contribution in [1.82, 2.24) is 4.90 Å². The zero-order valence-electron chi connectivity index (χ0n) is 16.1. The summed E-state index contributed by atoms with van der Waals surface area (Å²) in [6, 6.07) is 8.98. The van der Waals surface area contributed by atoms with E-state index >= 15 is 0 Å². The molecule has 4 rings (SSSR count). The molecule has 9 heteroatoms. The van der Waals surface area contributed by atoms with Gasteiger partial charge >= 0.3 is 0 Å². The van der Waals surface area contributed by atoms with Crippen molar-refractivity contribution in [3.63, 3.8) is 0 Å². The number of phenolic OH excluding ortho intramolecular Hbond substituents is 1. The van der Waals surface area contributed by atoms with Gasteiger partial charge in [0.15, 0.2) is 9.84 Å². The molecule has 7 nitrogen and oxygen atoms in total. The van der Waals surface area contributed by atoms with Crippen molar-refractivity contribution >= 4 is 32.6 Å². The number of rotatable bonds is 5. The van der Waals surface area contributed by atoms with Crippen molar-refractivity contribution in [2.24, 2.45) is 5.16 Å². The molecule has 1 unspecified atom stereocenters. The fourth-order valence-corrected chi connectivity index (χ4v) is 7.51. The average molecular weight is 436 g/mol. The number of anilines is 1. The summed E-state index contributed by atoms with van der Waals surface area (Å²) < 4.78 is 26.1. The van der Waals surface area contributed by atoms with Crippen LogP contribution < -0.4 is 4.90 Å². The van der Waals surface area contributed by atoms with E-state index in [4.69, 9.17) is 0 Å². The van der Waals surface area contributed by atoms with E-state index in [0.717, 1.165) is 44.8 Å². The molecule has 1 aromatic heterocycles. The minimum atomic E-state index is -3.35. The van der Waals surface area contributed by atoms with Gasteiger partial charge in [-0.15, -0.1) is 11.3 Å². The van der Waals surface area contributed by atoms with E-state index in [9.17, 15) is 18.7 Å². The summed E-state index contributed by atoms with van der Waals surface area (Å²) in [5.41, 5.74) is 2.14. The van der Waals surface area contributed by atoms with Gasteiger partial charge in [0.1, 0.15) is 9.96 Å². The molecule has 2 N–H and O–H groups in total. The van der Waals surface area contributed by atoms with Crippen LogP contribution in [-0.2, 0) is 9.84 Å².